The predicted molar refractivity (Wildman–Crippen MR) is 163 cm³/mol. The molecule has 1 atom stereocenters. The minimum absolute atomic E-state index is 0.115. The number of carbonyl (C=O) groups is 2. The Morgan fingerprint density at radius 3 is 2.08 bits per heavy atom. The second-order valence-electron chi connectivity index (χ2n) is 9.29. The molecule has 0 aliphatic carbocycles. The lowest BCUT2D eigenvalue weighted by Gasteiger charge is -2.34. The molecule has 1 N–H and O–H groups in total. The topological polar surface area (TPSA) is 86.8 Å². The Morgan fingerprint density at radius 1 is 0.875 bits per heavy atom. The number of anilines is 1. The first-order valence-corrected chi connectivity index (χ1v) is 15.8. The van der Waals surface area contributed by atoms with Crippen molar-refractivity contribution in [2.45, 2.75) is 38.8 Å². The van der Waals surface area contributed by atoms with Gasteiger partial charge in [-0.05, 0) is 36.2 Å². The fourth-order valence-electron chi connectivity index (χ4n) is 4.16. The highest BCUT2D eigenvalue weighted by Gasteiger charge is 2.34. The first-order chi connectivity index (χ1) is 19.0. The Bertz CT molecular complexity index is 1400. The second kappa shape index (κ2) is 14.7. The highest BCUT2D eigenvalue weighted by Crippen LogP contribution is 2.30. The number of hydrogen-bond acceptors (Lipinski definition) is 4. The summed E-state index contributed by atoms with van der Waals surface area (Å²) in [5.74, 6) is -0.981. The molecule has 3 aromatic rings. The molecular formula is C29H32Cl3N3O4S. The van der Waals surface area contributed by atoms with Crippen molar-refractivity contribution in [3.8, 4) is 0 Å². The van der Waals surface area contributed by atoms with Crippen molar-refractivity contribution < 1.29 is 18.0 Å². The number of hydrogen-bond donors (Lipinski definition) is 1. The van der Waals surface area contributed by atoms with Gasteiger partial charge >= 0.3 is 0 Å². The van der Waals surface area contributed by atoms with Gasteiger partial charge in [-0.15, -0.1) is 0 Å². The number of nitrogens with zero attached hydrogens (tertiary/aromatic N) is 2. The molecule has 0 aliphatic rings. The molecule has 214 valence electrons. The molecule has 11 heteroatoms. The number of halogens is 3. The lowest BCUT2D eigenvalue weighted by atomic mass is 10.0. The molecule has 0 unspecified atom stereocenters. The molecule has 2 amide bonds. The maximum atomic E-state index is 14.1. The fraction of sp³-hybridized carbons (Fsp3) is 0.310. The van der Waals surface area contributed by atoms with Crippen LogP contribution in [0, 0.1) is 0 Å². The van der Waals surface area contributed by atoms with Gasteiger partial charge in [0.2, 0.25) is 21.8 Å². The highest BCUT2D eigenvalue weighted by atomic mass is 35.5. The molecule has 0 aliphatic heterocycles. The summed E-state index contributed by atoms with van der Waals surface area (Å²) in [6.45, 7) is 1.75. The van der Waals surface area contributed by atoms with Crippen molar-refractivity contribution >= 4 is 62.3 Å². The molecule has 0 fully saturated rings. The third-order valence-electron chi connectivity index (χ3n) is 6.29. The molecular weight excluding hydrogens is 593 g/mol. The standard InChI is InChI=1S/C29H32Cl3N3O4S/c1-3-4-17-33-29(37)27(18-21-11-6-5-7-12-21)34(19-22-23(30)14-10-15-24(22)31)28(36)20-35(40(2,38)39)26-16-9-8-13-25(26)32/h5-16,27H,3-4,17-20H2,1-2H3,(H,33,37)/t27-/m0/s1. The summed E-state index contributed by atoms with van der Waals surface area (Å²) in [6, 6.07) is 19.6. The molecule has 0 heterocycles. The van der Waals surface area contributed by atoms with Crippen LogP contribution in [0.4, 0.5) is 5.69 Å². The van der Waals surface area contributed by atoms with E-state index in [9.17, 15) is 18.0 Å². The van der Waals surface area contributed by atoms with E-state index in [0.717, 1.165) is 29.0 Å². The Balaban J connectivity index is 2.09. The number of benzene rings is 3. The minimum Gasteiger partial charge on any atom is -0.354 e. The first kappa shape index (κ1) is 31.7. The first-order valence-electron chi connectivity index (χ1n) is 12.8. The third-order valence-corrected chi connectivity index (χ3v) is 8.45. The number of unbranched alkanes of at least 4 members (excludes halogenated alkanes) is 1. The van der Waals surface area contributed by atoms with Gasteiger partial charge < -0.3 is 10.2 Å². The molecule has 0 bridgehead atoms. The molecule has 0 spiro atoms. The van der Waals surface area contributed by atoms with E-state index in [0.29, 0.717) is 22.2 Å². The molecule has 0 radical (unpaired) electrons. The average Bonchev–Trinajstić information content (AvgIpc) is 2.91. The molecule has 3 aromatic carbocycles. The van der Waals surface area contributed by atoms with E-state index in [2.05, 4.69) is 5.32 Å². The number of nitrogens with one attached hydrogen (secondary N) is 1. The molecule has 3 rings (SSSR count). The Labute approximate surface area is 251 Å². The van der Waals surface area contributed by atoms with Gasteiger partial charge in [0, 0.05) is 35.1 Å². The zero-order valence-corrected chi connectivity index (χ0v) is 25.4. The van der Waals surface area contributed by atoms with Gasteiger partial charge in [-0.3, -0.25) is 13.9 Å². The van der Waals surface area contributed by atoms with E-state index >= 15 is 0 Å². The van der Waals surface area contributed by atoms with Crippen molar-refractivity contribution in [2.24, 2.45) is 0 Å². The third kappa shape index (κ3) is 8.61. The zero-order chi connectivity index (χ0) is 29.3. The highest BCUT2D eigenvalue weighted by molar-refractivity contribution is 7.92. The van der Waals surface area contributed by atoms with Crippen molar-refractivity contribution in [2.75, 3.05) is 23.7 Å². The smallest absolute Gasteiger partial charge is 0.244 e. The quantitative estimate of drug-likeness (QED) is 0.238. The summed E-state index contributed by atoms with van der Waals surface area (Å²) in [5.41, 5.74) is 1.43. The van der Waals surface area contributed by atoms with E-state index in [-0.39, 0.29) is 29.6 Å². The summed E-state index contributed by atoms with van der Waals surface area (Å²) < 4.78 is 26.6. The van der Waals surface area contributed by atoms with Crippen LogP contribution in [0.15, 0.2) is 72.8 Å². The molecule has 0 aromatic heterocycles. The van der Waals surface area contributed by atoms with Crippen LogP contribution in [0.5, 0.6) is 0 Å². The van der Waals surface area contributed by atoms with Crippen LogP contribution < -0.4 is 9.62 Å². The maximum Gasteiger partial charge on any atom is 0.244 e. The molecule has 7 nitrogen and oxygen atoms in total. The number of sulfonamides is 1. The maximum absolute atomic E-state index is 14.1. The van der Waals surface area contributed by atoms with Crippen LogP contribution in [0.25, 0.3) is 0 Å². The van der Waals surface area contributed by atoms with Crippen molar-refractivity contribution in [3.63, 3.8) is 0 Å². The van der Waals surface area contributed by atoms with Gasteiger partial charge in [0.1, 0.15) is 12.6 Å². The van der Waals surface area contributed by atoms with Crippen molar-refractivity contribution in [3.05, 3.63) is 99.0 Å². The van der Waals surface area contributed by atoms with Crippen LogP contribution in [-0.2, 0) is 32.6 Å². The summed E-state index contributed by atoms with van der Waals surface area (Å²) in [4.78, 5) is 29.0. The lowest BCUT2D eigenvalue weighted by Crippen LogP contribution is -2.53. The average molecular weight is 625 g/mol. The van der Waals surface area contributed by atoms with Gasteiger partial charge in [0.05, 0.1) is 17.0 Å². The largest absolute Gasteiger partial charge is 0.354 e. The minimum atomic E-state index is -3.93. The van der Waals surface area contributed by atoms with Crippen molar-refractivity contribution in [1.29, 1.82) is 0 Å². The molecule has 0 saturated heterocycles. The van der Waals surface area contributed by atoms with Gasteiger partial charge in [0.15, 0.2) is 0 Å². The lowest BCUT2D eigenvalue weighted by molar-refractivity contribution is -0.140. The Morgan fingerprint density at radius 2 is 1.48 bits per heavy atom. The predicted octanol–water partition coefficient (Wildman–Crippen LogP) is 5.97. The fourth-order valence-corrected chi connectivity index (χ4v) is 5.83. The zero-order valence-electron chi connectivity index (χ0n) is 22.3. The van der Waals surface area contributed by atoms with Crippen LogP contribution >= 0.6 is 34.8 Å². The Kier molecular flexibility index (Phi) is 11.7. The van der Waals surface area contributed by atoms with Gasteiger partial charge in [-0.25, -0.2) is 8.42 Å². The van der Waals surface area contributed by atoms with Crippen LogP contribution in [-0.4, -0.2) is 50.5 Å². The number of amides is 2. The second-order valence-corrected chi connectivity index (χ2v) is 12.4. The van der Waals surface area contributed by atoms with Crippen LogP contribution in [0.1, 0.15) is 30.9 Å². The van der Waals surface area contributed by atoms with E-state index in [1.807, 2.05) is 37.3 Å². The van der Waals surface area contributed by atoms with E-state index in [1.165, 1.54) is 11.0 Å². The van der Waals surface area contributed by atoms with E-state index in [4.69, 9.17) is 34.8 Å². The van der Waals surface area contributed by atoms with Gasteiger partial charge in [-0.1, -0.05) is 96.7 Å². The normalized spacial score (nSPS) is 12.0. The van der Waals surface area contributed by atoms with Gasteiger partial charge in [0.25, 0.3) is 0 Å². The Hall–Kier alpha value is -2.78. The van der Waals surface area contributed by atoms with E-state index < -0.39 is 28.5 Å². The SMILES string of the molecule is CCCCNC(=O)[C@H](Cc1ccccc1)N(Cc1c(Cl)cccc1Cl)C(=O)CN(c1ccccc1Cl)S(C)(=O)=O. The molecule has 40 heavy (non-hydrogen) atoms. The van der Waals surface area contributed by atoms with Crippen molar-refractivity contribution in [1.82, 2.24) is 10.2 Å². The van der Waals surface area contributed by atoms with Crippen LogP contribution in [0.2, 0.25) is 15.1 Å². The summed E-state index contributed by atoms with van der Waals surface area (Å²) in [7, 11) is -3.93. The molecule has 0 saturated carbocycles. The monoisotopic (exact) mass is 623 g/mol. The number of rotatable bonds is 13. The number of para-hydroxylation sites is 1. The van der Waals surface area contributed by atoms with Crippen LogP contribution in [0.3, 0.4) is 0 Å². The summed E-state index contributed by atoms with van der Waals surface area (Å²) in [6.07, 6.45) is 2.83. The number of carbonyl (C=O) groups excluding carboxylic acids is 2. The summed E-state index contributed by atoms with van der Waals surface area (Å²) >= 11 is 19.3. The van der Waals surface area contributed by atoms with Gasteiger partial charge in [-0.2, -0.15) is 0 Å². The van der Waals surface area contributed by atoms with E-state index in [1.54, 1.807) is 36.4 Å². The summed E-state index contributed by atoms with van der Waals surface area (Å²) in [5, 5.41) is 3.73.